The van der Waals surface area contributed by atoms with Crippen molar-refractivity contribution in [3.05, 3.63) is 29.3 Å². The first kappa shape index (κ1) is 13.7. The van der Waals surface area contributed by atoms with Gasteiger partial charge in [-0.2, -0.15) is 0 Å². The van der Waals surface area contributed by atoms with Crippen LogP contribution in [0.4, 0.5) is 5.69 Å². The minimum absolute atomic E-state index is 0.225. The molecule has 0 bridgehead atoms. The molecule has 5 heteroatoms. The zero-order valence-corrected chi connectivity index (χ0v) is 12.3. The number of amides is 1. The Hall–Kier alpha value is -1.26. The molecule has 0 spiro atoms. The van der Waals surface area contributed by atoms with E-state index in [4.69, 9.17) is 11.6 Å². The molecule has 1 aromatic carbocycles. The number of carbonyl (C=O) groups excluding carboxylic acids is 1. The fourth-order valence-corrected chi connectivity index (χ4v) is 2.70. The summed E-state index contributed by atoms with van der Waals surface area (Å²) in [7, 11) is 0. The van der Waals surface area contributed by atoms with Gasteiger partial charge in [-0.05, 0) is 31.0 Å². The van der Waals surface area contributed by atoms with Crippen molar-refractivity contribution < 1.29 is 4.79 Å². The fourth-order valence-electron chi connectivity index (χ4n) is 2.52. The van der Waals surface area contributed by atoms with Crippen molar-refractivity contribution >= 4 is 23.2 Å². The number of nitrogens with one attached hydrogen (secondary N) is 1. The molecule has 1 saturated carbocycles. The number of piperazine rings is 1. The molecule has 1 aromatic rings. The monoisotopic (exact) mass is 293 g/mol. The third kappa shape index (κ3) is 3.44. The molecule has 20 heavy (non-hydrogen) atoms. The first-order valence-corrected chi connectivity index (χ1v) is 7.62. The lowest BCUT2D eigenvalue weighted by Gasteiger charge is -2.36. The fraction of sp³-hybridized carbons (Fsp3) is 0.533. The van der Waals surface area contributed by atoms with Gasteiger partial charge < -0.3 is 15.1 Å². The van der Waals surface area contributed by atoms with E-state index < -0.39 is 0 Å². The minimum atomic E-state index is 0.225. The van der Waals surface area contributed by atoms with E-state index >= 15 is 0 Å². The van der Waals surface area contributed by atoms with Gasteiger partial charge in [-0.25, -0.2) is 0 Å². The molecule has 3 rings (SSSR count). The van der Waals surface area contributed by atoms with Crippen LogP contribution < -0.4 is 10.2 Å². The predicted octanol–water partition coefficient (Wildman–Crippen LogP) is 1.74. The molecule has 1 saturated heterocycles. The highest BCUT2D eigenvalue weighted by atomic mass is 35.5. The Kier molecular flexibility index (Phi) is 4.13. The number of nitrogens with zero attached hydrogens (tertiary/aromatic N) is 2. The third-order valence-corrected chi connectivity index (χ3v) is 4.16. The van der Waals surface area contributed by atoms with Crippen molar-refractivity contribution in [1.82, 2.24) is 10.2 Å². The van der Waals surface area contributed by atoms with Crippen molar-refractivity contribution in [3.63, 3.8) is 0 Å². The maximum atomic E-state index is 12.1. The summed E-state index contributed by atoms with van der Waals surface area (Å²) in [5, 5.41) is 4.04. The Labute approximate surface area is 124 Å². The molecule has 1 N–H and O–H groups in total. The second-order valence-corrected chi connectivity index (χ2v) is 5.94. The van der Waals surface area contributed by atoms with Gasteiger partial charge in [0.2, 0.25) is 5.91 Å². The number of halogens is 1. The van der Waals surface area contributed by atoms with Crippen LogP contribution >= 0.6 is 11.6 Å². The first-order valence-electron chi connectivity index (χ1n) is 7.24. The molecule has 0 unspecified atom stereocenters. The average Bonchev–Trinajstić information content (AvgIpc) is 3.29. The summed E-state index contributed by atoms with van der Waals surface area (Å²) in [6.45, 7) is 3.81. The van der Waals surface area contributed by atoms with Gasteiger partial charge in [0.05, 0.1) is 6.54 Å². The molecular formula is C15H20ClN3O. The van der Waals surface area contributed by atoms with Crippen molar-refractivity contribution in [2.75, 3.05) is 37.6 Å². The van der Waals surface area contributed by atoms with Crippen molar-refractivity contribution in [1.29, 1.82) is 0 Å². The van der Waals surface area contributed by atoms with Gasteiger partial charge in [0.1, 0.15) is 0 Å². The largest absolute Gasteiger partial charge is 0.368 e. The molecule has 0 radical (unpaired) electrons. The van der Waals surface area contributed by atoms with Crippen LogP contribution in [0.2, 0.25) is 5.02 Å². The molecule has 1 aliphatic carbocycles. The zero-order chi connectivity index (χ0) is 13.9. The number of hydrogen-bond acceptors (Lipinski definition) is 3. The first-order chi connectivity index (χ1) is 9.72. The average molecular weight is 294 g/mol. The number of anilines is 1. The topological polar surface area (TPSA) is 35.6 Å². The van der Waals surface area contributed by atoms with E-state index in [1.165, 1.54) is 12.8 Å². The van der Waals surface area contributed by atoms with Crippen LogP contribution in [0.25, 0.3) is 0 Å². The molecule has 2 aliphatic rings. The molecule has 0 aromatic heterocycles. The van der Waals surface area contributed by atoms with Crippen LogP contribution in [0.5, 0.6) is 0 Å². The molecule has 2 fully saturated rings. The highest BCUT2D eigenvalue weighted by Gasteiger charge is 2.25. The van der Waals surface area contributed by atoms with Crippen molar-refractivity contribution in [2.24, 2.45) is 0 Å². The zero-order valence-electron chi connectivity index (χ0n) is 11.5. The van der Waals surface area contributed by atoms with Crippen LogP contribution in [0.15, 0.2) is 24.3 Å². The maximum absolute atomic E-state index is 12.1. The Morgan fingerprint density at radius 2 is 2.00 bits per heavy atom. The number of rotatable bonds is 4. The van der Waals surface area contributed by atoms with Gasteiger partial charge >= 0.3 is 0 Å². The smallest absolute Gasteiger partial charge is 0.236 e. The Morgan fingerprint density at radius 1 is 1.25 bits per heavy atom. The summed E-state index contributed by atoms with van der Waals surface area (Å²) in [5.74, 6) is 0.225. The van der Waals surface area contributed by atoms with Gasteiger partial charge in [-0.1, -0.05) is 17.7 Å². The standard InChI is InChI=1S/C15H20ClN3O/c16-12-2-1-3-14(10-12)18-6-8-19(9-7-18)15(20)11-17-13-4-5-13/h1-3,10,13,17H,4-9,11H2. The van der Waals surface area contributed by atoms with E-state index in [9.17, 15) is 4.79 Å². The number of hydrogen-bond donors (Lipinski definition) is 1. The van der Waals surface area contributed by atoms with Crippen LogP contribution in [0.3, 0.4) is 0 Å². The van der Waals surface area contributed by atoms with Gasteiger partial charge in [-0.3, -0.25) is 4.79 Å². The van der Waals surface area contributed by atoms with Crippen molar-refractivity contribution in [3.8, 4) is 0 Å². The third-order valence-electron chi connectivity index (χ3n) is 3.93. The molecule has 1 aliphatic heterocycles. The summed E-state index contributed by atoms with van der Waals surface area (Å²) in [6.07, 6.45) is 2.44. The van der Waals surface area contributed by atoms with E-state index in [2.05, 4.69) is 16.3 Å². The molecular weight excluding hydrogens is 274 g/mol. The molecule has 1 amide bonds. The van der Waals surface area contributed by atoms with E-state index in [-0.39, 0.29) is 5.91 Å². The molecule has 0 atom stereocenters. The lowest BCUT2D eigenvalue weighted by Crippen LogP contribution is -2.51. The number of carbonyl (C=O) groups is 1. The Balaban J connectivity index is 1.49. The van der Waals surface area contributed by atoms with Crippen molar-refractivity contribution in [2.45, 2.75) is 18.9 Å². The van der Waals surface area contributed by atoms with E-state index in [0.717, 1.165) is 36.9 Å². The summed E-state index contributed by atoms with van der Waals surface area (Å²) in [6, 6.07) is 8.49. The maximum Gasteiger partial charge on any atom is 0.236 e. The molecule has 1 heterocycles. The van der Waals surface area contributed by atoms with Gasteiger partial charge in [0.25, 0.3) is 0 Å². The summed E-state index contributed by atoms with van der Waals surface area (Å²) in [5.41, 5.74) is 1.14. The normalized spacial score (nSPS) is 19.2. The quantitative estimate of drug-likeness (QED) is 0.918. The van der Waals surface area contributed by atoms with Crippen LogP contribution in [0, 0.1) is 0 Å². The van der Waals surface area contributed by atoms with Crippen LogP contribution in [0.1, 0.15) is 12.8 Å². The lowest BCUT2D eigenvalue weighted by atomic mass is 10.2. The highest BCUT2D eigenvalue weighted by molar-refractivity contribution is 6.30. The summed E-state index contributed by atoms with van der Waals surface area (Å²) in [4.78, 5) is 16.3. The number of benzene rings is 1. The van der Waals surface area contributed by atoms with Crippen LogP contribution in [-0.4, -0.2) is 49.6 Å². The second kappa shape index (κ2) is 6.02. The molecule has 4 nitrogen and oxygen atoms in total. The lowest BCUT2D eigenvalue weighted by molar-refractivity contribution is -0.130. The van der Waals surface area contributed by atoms with Gasteiger partial charge in [-0.15, -0.1) is 0 Å². The Bertz CT molecular complexity index is 482. The highest BCUT2D eigenvalue weighted by Crippen LogP contribution is 2.21. The summed E-state index contributed by atoms with van der Waals surface area (Å²) < 4.78 is 0. The second-order valence-electron chi connectivity index (χ2n) is 5.50. The van der Waals surface area contributed by atoms with E-state index in [0.29, 0.717) is 12.6 Å². The van der Waals surface area contributed by atoms with Gasteiger partial charge in [0, 0.05) is 42.9 Å². The van der Waals surface area contributed by atoms with E-state index in [1.54, 1.807) is 0 Å². The summed E-state index contributed by atoms with van der Waals surface area (Å²) >= 11 is 6.02. The Morgan fingerprint density at radius 3 is 2.65 bits per heavy atom. The SMILES string of the molecule is O=C(CNC1CC1)N1CCN(c2cccc(Cl)c2)CC1. The van der Waals surface area contributed by atoms with Crippen LogP contribution in [-0.2, 0) is 4.79 Å². The van der Waals surface area contributed by atoms with E-state index in [1.807, 2.05) is 23.1 Å². The predicted molar refractivity (Wildman–Crippen MR) is 81.3 cm³/mol. The molecule has 108 valence electrons. The van der Waals surface area contributed by atoms with Gasteiger partial charge in [0.15, 0.2) is 0 Å². The minimum Gasteiger partial charge on any atom is -0.368 e.